The summed E-state index contributed by atoms with van der Waals surface area (Å²) in [6, 6.07) is 9.94. The van der Waals surface area contributed by atoms with Gasteiger partial charge in [-0.05, 0) is 81.4 Å². The van der Waals surface area contributed by atoms with Crippen LogP contribution in [0.3, 0.4) is 0 Å². The highest BCUT2D eigenvalue weighted by Gasteiger charge is 2.37. The molecule has 1 atom stereocenters. The van der Waals surface area contributed by atoms with Gasteiger partial charge in [0.1, 0.15) is 26.2 Å². The van der Waals surface area contributed by atoms with Crippen LogP contribution in [0.15, 0.2) is 54.3 Å². The maximum atomic E-state index is 11.9. The molecule has 3 N–H and O–H groups in total. The Kier molecular flexibility index (Phi) is 5.43. The first-order chi connectivity index (χ1) is 13.7. The Labute approximate surface area is 198 Å². The molecule has 9 heteroatoms. The number of aromatic hydroxyl groups is 2. The van der Waals surface area contributed by atoms with Crippen molar-refractivity contribution in [3.8, 4) is 23.0 Å². The number of halogens is 4. The van der Waals surface area contributed by atoms with Crippen LogP contribution in [0.2, 0.25) is 0 Å². The second-order valence-corrected chi connectivity index (χ2v) is 9.45. The highest BCUT2D eigenvalue weighted by Crippen LogP contribution is 2.59. The molecular weight excluding hydrogens is 640 g/mol. The summed E-state index contributed by atoms with van der Waals surface area (Å²) in [4.78, 5) is 11.9. The molecule has 0 radical (unpaired) electrons. The Morgan fingerprint density at radius 2 is 1.52 bits per heavy atom. The molecule has 4 rings (SSSR count). The van der Waals surface area contributed by atoms with Gasteiger partial charge in [0.2, 0.25) is 0 Å². The third-order valence-electron chi connectivity index (χ3n) is 4.70. The first-order valence-corrected chi connectivity index (χ1v) is 11.3. The molecule has 0 amide bonds. The van der Waals surface area contributed by atoms with Gasteiger partial charge in [-0.2, -0.15) is 0 Å². The number of aromatic carboxylic acids is 1. The molecule has 0 fully saturated rings. The van der Waals surface area contributed by atoms with Gasteiger partial charge < -0.3 is 20.1 Å². The minimum Gasteiger partial charge on any atom is -0.507 e. The fourth-order valence-corrected chi connectivity index (χ4v) is 5.63. The van der Waals surface area contributed by atoms with Gasteiger partial charge in [0.15, 0.2) is 5.75 Å². The van der Waals surface area contributed by atoms with Crippen molar-refractivity contribution >= 4 is 69.7 Å². The van der Waals surface area contributed by atoms with Gasteiger partial charge >= 0.3 is 5.97 Å². The van der Waals surface area contributed by atoms with Crippen LogP contribution in [0.4, 0.5) is 0 Å². The predicted octanol–water partition coefficient (Wildman–Crippen LogP) is 7.13. The third kappa shape index (κ3) is 3.19. The number of carbonyl (C=O) groups is 1. The molecule has 0 aliphatic carbocycles. The molecule has 0 saturated carbocycles. The number of hydrogen-bond donors (Lipinski definition) is 3. The van der Waals surface area contributed by atoms with E-state index in [0.29, 0.717) is 46.1 Å². The van der Waals surface area contributed by atoms with E-state index in [1.54, 1.807) is 30.3 Å². The normalized spacial score (nSPS) is 14.7. The Bertz CT molecular complexity index is 1190. The maximum absolute atomic E-state index is 11.9. The molecule has 3 aromatic rings. The molecule has 0 aromatic heterocycles. The van der Waals surface area contributed by atoms with Crippen molar-refractivity contribution in [2.75, 3.05) is 0 Å². The SMILES string of the molecule is O=C(O)c1ccccc1C1c2ccc(O)c(Br)c2Oc2c(Br)c(O)c(Br)c(Br)c21. The molecule has 5 nitrogen and oxygen atoms in total. The van der Waals surface area contributed by atoms with Crippen LogP contribution in [-0.4, -0.2) is 21.3 Å². The maximum Gasteiger partial charge on any atom is 0.335 e. The van der Waals surface area contributed by atoms with Crippen molar-refractivity contribution in [2.24, 2.45) is 0 Å². The minimum absolute atomic E-state index is 0.0195. The van der Waals surface area contributed by atoms with Crippen molar-refractivity contribution in [2.45, 2.75) is 5.92 Å². The molecule has 1 unspecified atom stereocenters. The van der Waals surface area contributed by atoms with Crippen molar-refractivity contribution in [1.29, 1.82) is 0 Å². The van der Waals surface area contributed by atoms with Crippen LogP contribution in [0.25, 0.3) is 0 Å². The lowest BCUT2D eigenvalue weighted by atomic mass is 9.80. The molecule has 0 spiro atoms. The van der Waals surface area contributed by atoms with Crippen molar-refractivity contribution in [3.63, 3.8) is 0 Å². The van der Waals surface area contributed by atoms with Crippen molar-refractivity contribution in [1.82, 2.24) is 0 Å². The van der Waals surface area contributed by atoms with E-state index in [1.165, 1.54) is 6.07 Å². The predicted molar refractivity (Wildman–Crippen MR) is 121 cm³/mol. The van der Waals surface area contributed by atoms with Crippen molar-refractivity contribution in [3.05, 3.63) is 76.5 Å². The first kappa shape index (κ1) is 20.7. The number of benzene rings is 3. The Morgan fingerprint density at radius 1 is 0.828 bits per heavy atom. The lowest BCUT2D eigenvalue weighted by Gasteiger charge is -2.32. The molecule has 1 aliphatic heterocycles. The summed E-state index contributed by atoms with van der Waals surface area (Å²) in [5.74, 6) is -1.02. The van der Waals surface area contributed by atoms with E-state index < -0.39 is 11.9 Å². The summed E-state index contributed by atoms with van der Waals surface area (Å²) in [6.45, 7) is 0. The van der Waals surface area contributed by atoms with Gasteiger partial charge in [0, 0.05) is 21.5 Å². The highest BCUT2D eigenvalue weighted by molar-refractivity contribution is 9.13. The number of carboxylic acid groups (broad SMARTS) is 1. The highest BCUT2D eigenvalue weighted by atomic mass is 79.9. The molecule has 1 aliphatic rings. The molecule has 148 valence electrons. The number of phenolic OH excluding ortho intramolecular Hbond substituents is 2. The number of hydrogen-bond acceptors (Lipinski definition) is 4. The van der Waals surface area contributed by atoms with Crippen LogP contribution >= 0.6 is 63.7 Å². The summed E-state index contributed by atoms with van der Waals surface area (Å²) < 4.78 is 7.66. The average Bonchev–Trinajstić information content (AvgIpc) is 2.72. The van der Waals surface area contributed by atoms with Crippen LogP contribution in [0.1, 0.15) is 33.0 Å². The van der Waals surface area contributed by atoms with Crippen LogP contribution in [-0.2, 0) is 0 Å². The third-order valence-corrected chi connectivity index (χ3v) is 8.33. The summed E-state index contributed by atoms with van der Waals surface area (Å²) in [6.07, 6.45) is 0. The fourth-order valence-electron chi connectivity index (χ4n) is 3.42. The zero-order valence-electron chi connectivity index (χ0n) is 14.2. The largest absolute Gasteiger partial charge is 0.507 e. The van der Waals surface area contributed by atoms with Gasteiger partial charge in [0.25, 0.3) is 0 Å². The topological polar surface area (TPSA) is 87.0 Å². The van der Waals surface area contributed by atoms with Crippen molar-refractivity contribution < 1.29 is 24.9 Å². The Morgan fingerprint density at radius 3 is 2.21 bits per heavy atom. The van der Waals surface area contributed by atoms with Gasteiger partial charge in [-0.25, -0.2) is 4.79 Å². The standard InChI is InChI=1S/C20H10Br4O5/c21-13-10(25)6-5-9-11(7-3-1-2-4-8(7)20(27)28)12-14(22)15(23)17(26)16(24)19(12)29-18(9)13/h1-6,11,25-26H,(H,27,28). The number of ether oxygens (including phenoxy) is 1. The van der Waals surface area contributed by atoms with E-state index in [9.17, 15) is 20.1 Å². The monoisotopic (exact) mass is 646 g/mol. The van der Waals surface area contributed by atoms with E-state index in [-0.39, 0.29) is 17.1 Å². The smallest absolute Gasteiger partial charge is 0.335 e. The second-order valence-electron chi connectivity index (χ2n) is 6.28. The lowest BCUT2D eigenvalue weighted by Crippen LogP contribution is -2.16. The van der Waals surface area contributed by atoms with Crippen LogP contribution in [0, 0.1) is 0 Å². The summed E-state index contributed by atoms with van der Waals surface area (Å²) in [5, 5.41) is 30.4. The van der Waals surface area contributed by atoms with Gasteiger partial charge in [-0.3, -0.25) is 0 Å². The summed E-state index contributed by atoms with van der Waals surface area (Å²) in [5.41, 5.74) is 2.00. The number of phenols is 2. The minimum atomic E-state index is -1.05. The Balaban J connectivity index is 2.15. The van der Waals surface area contributed by atoms with E-state index in [2.05, 4.69) is 63.7 Å². The molecule has 1 heterocycles. The zero-order chi connectivity index (χ0) is 21.0. The zero-order valence-corrected chi connectivity index (χ0v) is 20.6. The Hall–Kier alpha value is -1.55. The number of rotatable bonds is 2. The number of fused-ring (bicyclic) bond motifs is 2. The fraction of sp³-hybridized carbons (Fsp3) is 0.0500. The average molecular weight is 650 g/mol. The molecule has 0 saturated heterocycles. The van der Waals surface area contributed by atoms with E-state index in [0.717, 1.165) is 0 Å². The molecule has 3 aromatic carbocycles. The van der Waals surface area contributed by atoms with E-state index in [1.807, 2.05) is 0 Å². The van der Waals surface area contributed by atoms with Crippen LogP contribution in [0.5, 0.6) is 23.0 Å². The second kappa shape index (κ2) is 7.61. The van der Waals surface area contributed by atoms with E-state index >= 15 is 0 Å². The van der Waals surface area contributed by atoms with Crippen LogP contribution < -0.4 is 4.74 Å². The number of carboxylic acids is 1. The molecule has 0 bridgehead atoms. The van der Waals surface area contributed by atoms with Gasteiger partial charge in [-0.15, -0.1) is 0 Å². The van der Waals surface area contributed by atoms with Gasteiger partial charge in [0.05, 0.1) is 10.0 Å². The summed E-state index contributed by atoms with van der Waals surface area (Å²) >= 11 is 13.6. The molecule has 29 heavy (non-hydrogen) atoms. The lowest BCUT2D eigenvalue weighted by molar-refractivity contribution is 0.0695. The van der Waals surface area contributed by atoms with E-state index in [4.69, 9.17) is 4.74 Å². The first-order valence-electron chi connectivity index (χ1n) is 8.14. The quantitative estimate of drug-likeness (QED) is 0.201. The summed E-state index contributed by atoms with van der Waals surface area (Å²) in [7, 11) is 0. The van der Waals surface area contributed by atoms with Gasteiger partial charge in [-0.1, -0.05) is 24.3 Å². The molecular formula is C20H10Br4O5.